The van der Waals surface area contributed by atoms with Gasteiger partial charge in [0.05, 0.1) is 25.7 Å². The molecule has 3 heterocycles. The van der Waals surface area contributed by atoms with Gasteiger partial charge in [0.1, 0.15) is 6.33 Å². The molecule has 0 aliphatic carbocycles. The van der Waals surface area contributed by atoms with Crippen LogP contribution in [0.2, 0.25) is 5.02 Å². The van der Waals surface area contributed by atoms with Gasteiger partial charge in [-0.25, -0.2) is 19.9 Å². The Labute approximate surface area is 186 Å². The van der Waals surface area contributed by atoms with E-state index in [0.29, 0.717) is 22.9 Å². The number of thiazole rings is 1. The van der Waals surface area contributed by atoms with Crippen molar-refractivity contribution in [3.63, 3.8) is 0 Å². The number of fused-ring (bicyclic) bond motifs is 1. The van der Waals surface area contributed by atoms with Gasteiger partial charge in [-0.2, -0.15) is 13.2 Å². The van der Waals surface area contributed by atoms with Crippen molar-refractivity contribution in [1.82, 2.24) is 19.9 Å². The summed E-state index contributed by atoms with van der Waals surface area (Å²) in [6.07, 6.45) is -3.03. The molecule has 0 aliphatic rings. The van der Waals surface area contributed by atoms with Gasteiger partial charge in [-0.05, 0) is 30.7 Å². The quantitative estimate of drug-likeness (QED) is 0.269. The van der Waals surface area contributed by atoms with E-state index in [-0.39, 0.29) is 22.5 Å². The van der Waals surface area contributed by atoms with Gasteiger partial charge in [0.25, 0.3) is 0 Å². The molecule has 3 aromatic heterocycles. The molecule has 0 amide bonds. The van der Waals surface area contributed by atoms with E-state index in [1.807, 2.05) is 25.1 Å². The number of benzene rings is 1. The normalized spacial score (nSPS) is 11.5. The molecule has 0 radical (unpaired) electrons. The number of anilines is 4. The van der Waals surface area contributed by atoms with E-state index in [1.165, 1.54) is 11.3 Å². The Balaban J connectivity index is 1.68. The zero-order valence-electron chi connectivity index (χ0n) is 15.9. The lowest BCUT2D eigenvalue weighted by molar-refractivity contribution is -0.383. The number of nitrogens with zero attached hydrogens (tertiary/aromatic N) is 5. The Bertz CT molecular complexity index is 1350. The molecular weight excluding hydrogens is 471 g/mol. The number of alkyl halides is 3. The zero-order chi connectivity index (χ0) is 23.0. The van der Waals surface area contributed by atoms with E-state index in [2.05, 4.69) is 30.6 Å². The lowest BCUT2D eigenvalue weighted by Gasteiger charge is -2.11. The van der Waals surface area contributed by atoms with Crippen LogP contribution in [-0.2, 0) is 6.18 Å². The van der Waals surface area contributed by atoms with Crippen LogP contribution in [0, 0.1) is 17.0 Å². The van der Waals surface area contributed by atoms with Gasteiger partial charge in [0.2, 0.25) is 11.6 Å². The standard InChI is InChI=1S/C18H11ClF3N7O2S/c1-8-2-3-11-12(4-8)32-17(26-11)28-16-13(29(30)31)15(24-7-25-16)27-14-10(19)5-9(6-23-14)18(20,21)22/h2-7H,1H3,(H2,23,24,25,26,27,28). The average Bonchev–Trinajstić information content (AvgIpc) is 3.10. The minimum Gasteiger partial charge on any atom is -0.318 e. The first-order valence-electron chi connectivity index (χ1n) is 8.75. The fourth-order valence-corrected chi connectivity index (χ4v) is 3.89. The summed E-state index contributed by atoms with van der Waals surface area (Å²) in [5.74, 6) is -0.701. The SMILES string of the molecule is Cc1ccc2nc(Nc3ncnc(Nc4ncc(C(F)(F)F)cc4Cl)c3[N+](=O)[O-])sc2c1. The molecule has 4 rings (SSSR count). The number of hydrogen-bond acceptors (Lipinski definition) is 9. The number of rotatable bonds is 5. The van der Waals surface area contributed by atoms with E-state index in [0.717, 1.165) is 16.6 Å². The van der Waals surface area contributed by atoms with Gasteiger partial charge in [-0.1, -0.05) is 29.0 Å². The topological polar surface area (TPSA) is 119 Å². The summed E-state index contributed by atoms with van der Waals surface area (Å²) in [7, 11) is 0. The van der Waals surface area contributed by atoms with Crippen LogP contribution in [0.25, 0.3) is 10.2 Å². The van der Waals surface area contributed by atoms with Crippen LogP contribution in [0.15, 0.2) is 36.8 Å². The molecule has 0 fully saturated rings. The fourth-order valence-electron chi connectivity index (χ4n) is 2.72. The van der Waals surface area contributed by atoms with E-state index in [1.54, 1.807) is 0 Å². The zero-order valence-corrected chi connectivity index (χ0v) is 17.5. The maximum absolute atomic E-state index is 12.8. The third kappa shape index (κ3) is 4.38. The summed E-state index contributed by atoms with van der Waals surface area (Å²) >= 11 is 7.16. The van der Waals surface area contributed by atoms with E-state index < -0.39 is 22.4 Å². The second kappa shape index (κ2) is 8.16. The van der Waals surface area contributed by atoms with Crippen LogP contribution in [0.5, 0.6) is 0 Å². The van der Waals surface area contributed by atoms with Crippen LogP contribution in [0.4, 0.5) is 41.4 Å². The molecule has 9 nitrogen and oxygen atoms in total. The Morgan fingerprint density at radius 1 is 1.09 bits per heavy atom. The lowest BCUT2D eigenvalue weighted by Crippen LogP contribution is -2.08. The van der Waals surface area contributed by atoms with Crippen LogP contribution in [0.3, 0.4) is 0 Å². The maximum Gasteiger partial charge on any atom is 0.417 e. The third-order valence-corrected chi connectivity index (χ3v) is 5.40. The van der Waals surface area contributed by atoms with Crippen LogP contribution >= 0.6 is 22.9 Å². The summed E-state index contributed by atoms with van der Waals surface area (Å²) in [6, 6.07) is 6.30. The lowest BCUT2D eigenvalue weighted by atomic mass is 10.2. The van der Waals surface area contributed by atoms with Crippen molar-refractivity contribution >= 4 is 61.4 Å². The van der Waals surface area contributed by atoms with Gasteiger partial charge in [0.15, 0.2) is 10.9 Å². The van der Waals surface area contributed by atoms with Crippen molar-refractivity contribution in [3.05, 3.63) is 63.1 Å². The highest BCUT2D eigenvalue weighted by atomic mass is 35.5. The summed E-state index contributed by atoms with van der Waals surface area (Å²) in [6.45, 7) is 1.93. The van der Waals surface area contributed by atoms with Gasteiger partial charge in [0, 0.05) is 6.20 Å². The third-order valence-electron chi connectivity index (χ3n) is 4.18. The van der Waals surface area contributed by atoms with Crippen molar-refractivity contribution in [2.24, 2.45) is 0 Å². The van der Waals surface area contributed by atoms with Crippen molar-refractivity contribution < 1.29 is 18.1 Å². The summed E-state index contributed by atoms with van der Waals surface area (Å²) < 4.78 is 39.3. The highest BCUT2D eigenvalue weighted by Crippen LogP contribution is 2.37. The molecule has 4 aromatic rings. The second-order valence-electron chi connectivity index (χ2n) is 6.47. The van der Waals surface area contributed by atoms with Gasteiger partial charge < -0.3 is 10.6 Å². The number of halogens is 4. The highest BCUT2D eigenvalue weighted by Gasteiger charge is 2.32. The summed E-state index contributed by atoms with van der Waals surface area (Å²) in [4.78, 5) is 26.7. The molecule has 32 heavy (non-hydrogen) atoms. The first kappa shape index (κ1) is 21.6. The number of nitro groups is 1. The summed E-state index contributed by atoms with van der Waals surface area (Å²) in [5.41, 5.74) is 0.131. The van der Waals surface area contributed by atoms with E-state index >= 15 is 0 Å². The van der Waals surface area contributed by atoms with Crippen LogP contribution in [0.1, 0.15) is 11.1 Å². The van der Waals surface area contributed by atoms with Gasteiger partial charge >= 0.3 is 11.9 Å². The Hall–Kier alpha value is -3.58. The van der Waals surface area contributed by atoms with E-state index in [4.69, 9.17) is 11.6 Å². The molecule has 164 valence electrons. The minimum absolute atomic E-state index is 0.161. The second-order valence-corrected chi connectivity index (χ2v) is 7.91. The molecule has 2 N–H and O–H groups in total. The number of hydrogen-bond donors (Lipinski definition) is 2. The summed E-state index contributed by atoms with van der Waals surface area (Å²) in [5, 5.41) is 17.0. The van der Waals surface area contributed by atoms with Crippen molar-refractivity contribution in [2.45, 2.75) is 13.1 Å². The Morgan fingerprint density at radius 2 is 1.81 bits per heavy atom. The predicted octanol–water partition coefficient (Wildman–Crippen LogP) is 5.86. The predicted molar refractivity (Wildman–Crippen MR) is 114 cm³/mol. The molecule has 0 spiro atoms. The molecule has 0 unspecified atom stereocenters. The first-order valence-corrected chi connectivity index (χ1v) is 9.94. The molecule has 0 bridgehead atoms. The maximum atomic E-state index is 12.8. The van der Waals surface area contributed by atoms with Gasteiger partial charge in [-0.15, -0.1) is 0 Å². The van der Waals surface area contributed by atoms with Crippen LogP contribution < -0.4 is 10.6 Å². The minimum atomic E-state index is -4.64. The molecule has 0 saturated heterocycles. The molecule has 0 saturated carbocycles. The number of aromatic nitrogens is 4. The number of pyridine rings is 1. The number of aryl methyl sites for hydroxylation is 1. The van der Waals surface area contributed by atoms with Crippen molar-refractivity contribution in [1.29, 1.82) is 0 Å². The Kier molecular flexibility index (Phi) is 5.52. The monoisotopic (exact) mass is 481 g/mol. The molecule has 14 heteroatoms. The van der Waals surface area contributed by atoms with E-state index in [9.17, 15) is 23.3 Å². The van der Waals surface area contributed by atoms with Crippen LogP contribution in [-0.4, -0.2) is 24.9 Å². The highest BCUT2D eigenvalue weighted by molar-refractivity contribution is 7.22. The molecule has 0 aliphatic heterocycles. The first-order chi connectivity index (χ1) is 15.1. The molecule has 1 aromatic carbocycles. The fraction of sp³-hybridized carbons (Fsp3) is 0.111. The number of nitrogens with one attached hydrogen (secondary N) is 2. The van der Waals surface area contributed by atoms with Gasteiger partial charge in [-0.3, -0.25) is 10.1 Å². The van der Waals surface area contributed by atoms with Crippen molar-refractivity contribution in [2.75, 3.05) is 10.6 Å². The molecule has 0 atom stereocenters. The van der Waals surface area contributed by atoms with Crippen molar-refractivity contribution in [3.8, 4) is 0 Å². The average molecular weight is 482 g/mol. The largest absolute Gasteiger partial charge is 0.417 e. The Morgan fingerprint density at radius 3 is 2.47 bits per heavy atom. The smallest absolute Gasteiger partial charge is 0.318 e. The molecular formula is C18H11ClF3N7O2S.